The van der Waals surface area contributed by atoms with E-state index < -0.39 is 7.80 Å². The molecule has 0 aromatic heterocycles. The summed E-state index contributed by atoms with van der Waals surface area (Å²) in [5.74, 6) is 0. The molecule has 0 saturated carbocycles. The van der Waals surface area contributed by atoms with Gasteiger partial charge in [0.1, 0.15) is 12.3 Å². The quantitative estimate of drug-likeness (QED) is 0.431. The highest BCUT2D eigenvalue weighted by Crippen LogP contribution is 2.20. The maximum absolute atomic E-state index is 10.8. The fraction of sp³-hybridized carbons (Fsp3) is 1.00. The second-order valence-electron chi connectivity index (χ2n) is 2.23. The topological polar surface area (TPSA) is 17.1 Å². The van der Waals surface area contributed by atoms with Gasteiger partial charge >= 0.3 is 7.80 Å². The first-order chi connectivity index (χ1) is 4.31. The van der Waals surface area contributed by atoms with Gasteiger partial charge in [0.25, 0.3) is 0 Å². The minimum atomic E-state index is -0.840. The van der Waals surface area contributed by atoms with E-state index in [1.54, 1.807) is 0 Å². The van der Waals surface area contributed by atoms with Crippen LogP contribution in [0.2, 0.25) is 0 Å². The molecule has 0 spiro atoms. The van der Waals surface area contributed by atoms with E-state index in [4.69, 9.17) is 0 Å². The lowest BCUT2D eigenvalue weighted by Gasteiger charge is -1.85. The van der Waals surface area contributed by atoms with Crippen LogP contribution >= 0.6 is 7.80 Å². The minimum Gasteiger partial charge on any atom is -0.0749 e. The van der Waals surface area contributed by atoms with Gasteiger partial charge in [-0.05, 0) is 19.8 Å². The summed E-state index contributed by atoms with van der Waals surface area (Å²) < 4.78 is 10.8. The summed E-state index contributed by atoms with van der Waals surface area (Å²) in [6.45, 7) is 4.16. The Morgan fingerprint density at radius 2 is 1.89 bits per heavy atom. The summed E-state index contributed by atoms with van der Waals surface area (Å²) in [7, 11) is -0.840. The first kappa shape index (κ1) is 9.10. The average molecular weight is 147 g/mol. The molecule has 2 heteroatoms. The third kappa shape index (κ3) is 5.98. The summed E-state index contributed by atoms with van der Waals surface area (Å²) >= 11 is 0. The Bertz CT molecular complexity index is 81.0. The van der Waals surface area contributed by atoms with Crippen molar-refractivity contribution in [2.45, 2.75) is 33.1 Å². The van der Waals surface area contributed by atoms with Crippen LogP contribution in [0.1, 0.15) is 33.1 Å². The largest absolute Gasteiger partial charge is 0.338 e. The number of hydrogen-bond acceptors (Lipinski definition) is 1. The molecule has 1 atom stereocenters. The fourth-order valence-corrected chi connectivity index (χ4v) is 1.59. The van der Waals surface area contributed by atoms with Crippen molar-refractivity contribution in [1.82, 2.24) is 0 Å². The van der Waals surface area contributed by atoms with Gasteiger partial charge in [0.15, 0.2) is 0 Å². The van der Waals surface area contributed by atoms with Gasteiger partial charge in [-0.1, -0.05) is 17.9 Å². The summed E-state index contributed by atoms with van der Waals surface area (Å²) in [6, 6.07) is 0. The molecule has 0 aromatic rings. The Labute approximate surface area is 58.6 Å². The van der Waals surface area contributed by atoms with Crippen molar-refractivity contribution in [2.24, 2.45) is 0 Å². The maximum Gasteiger partial charge on any atom is 0.338 e. The molecule has 0 fully saturated rings. The summed E-state index contributed by atoms with van der Waals surface area (Å²) in [5, 5.41) is 0. The number of unbranched alkanes of at least 4 members (excludes halogenated alkanes) is 2. The lowest BCUT2D eigenvalue weighted by molar-refractivity contribution is 0.585. The van der Waals surface area contributed by atoms with E-state index in [-0.39, 0.29) is 0 Å². The van der Waals surface area contributed by atoms with Gasteiger partial charge in [-0.3, -0.25) is 0 Å². The van der Waals surface area contributed by atoms with E-state index in [0.717, 1.165) is 18.7 Å². The second kappa shape index (κ2) is 6.22. The smallest absolute Gasteiger partial charge is 0.0749 e. The van der Waals surface area contributed by atoms with E-state index in [2.05, 4.69) is 6.92 Å². The predicted molar refractivity (Wildman–Crippen MR) is 42.5 cm³/mol. The van der Waals surface area contributed by atoms with Crippen LogP contribution in [-0.2, 0) is 4.57 Å². The zero-order valence-corrected chi connectivity index (χ0v) is 7.29. The molecule has 0 bridgehead atoms. The van der Waals surface area contributed by atoms with Crippen molar-refractivity contribution >= 4 is 7.80 Å². The summed E-state index contributed by atoms with van der Waals surface area (Å²) in [4.78, 5) is 0. The van der Waals surface area contributed by atoms with Gasteiger partial charge in [0, 0.05) is 0 Å². The normalized spacial score (nSPS) is 11.6. The van der Waals surface area contributed by atoms with Gasteiger partial charge < -0.3 is 0 Å². The van der Waals surface area contributed by atoms with Crippen molar-refractivity contribution in [2.75, 3.05) is 12.3 Å². The monoisotopic (exact) mass is 147 g/mol. The molecule has 0 rings (SSSR count). The first-order valence-corrected chi connectivity index (χ1v) is 5.36. The van der Waals surface area contributed by atoms with E-state index in [1.807, 2.05) is 6.92 Å². The number of hydrogen-bond donors (Lipinski definition) is 0. The lowest BCUT2D eigenvalue weighted by Crippen LogP contribution is -1.79. The molecule has 0 saturated heterocycles. The van der Waals surface area contributed by atoms with Crippen LogP contribution in [-0.4, -0.2) is 12.3 Å². The third-order valence-electron chi connectivity index (χ3n) is 1.36. The molecule has 0 radical (unpaired) electrons. The Hall–Kier alpha value is 0.100. The van der Waals surface area contributed by atoms with Crippen LogP contribution in [0.25, 0.3) is 0 Å². The van der Waals surface area contributed by atoms with E-state index >= 15 is 0 Å². The van der Waals surface area contributed by atoms with Crippen LogP contribution in [0.5, 0.6) is 0 Å². The molecule has 1 unspecified atom stereocenters. The van der Waals surface area contributed by atoms with Gasteiger partial charge in [-0.25, -0.2) is 0 Å². The molecule has 9 heavy (non-hydrogen) atoms. The molecule has 0 amide bonds. The molecule has 0 aliphatic heterocycles. The third-order valence-corrected chi connectivity index (χ3v) is 2.88. The molecular formula is C7H16OP+. The molecule has 0 N–H and O–H groups in total. The fourth-order valence-electron chi connectivity index (χ4n) is 0.696. The Balaban J connectivity index is 2.97. The standard InChI is InChI=1S/C7H16OP/c1-3-5-6-7-9(8)4-2/h3-7H2,1-2H3/q+1. The van der Waals surface area contributed by atoms with Crippen LogP contribution in [0.15, 0.2) is 0 Å². The molecule has 0 aliphatic carbocycles. The summed E-state index contributed by atoms with van der Waals surface area (Å²) in [5.41, 5.74) is 0. The Morgan fingerprint density at radius 3 is 2.33 bits per heavy atom. The maximum atomic E-state index is 10.8. The van der Waals surface area contributed by atoms with Gasteiger partial charge in [0.2, 0.25) is 0 Å². The Morgan fingerprint density at radius 1 is 1.22 bits per heavy atom. The average Bonchev–Trinajstić information content (AvgIpc) is 1.89. The van der Waals surface area contributed by atoms with Crippen molar-refractivity contribution in [3.8, 4) is 0 Å². The van der Waals surface area contributed by atoms with Crippen molar-refractivity contribution < 1.29 is 4.57 Å². The molecule has 0 aliphatic rings. The molecule has 0 aromatic carbocycles. The molecule has 54 valence electrons. The van der Waals surface area contributed by atoms with Crippen molar-refractivity contribution in [3.63, 3.8) is 0 Å². The van der Waals surface area contributed by atoms with E-state index in [9.17, 15) is 4.57 Å². The first-order valence-electron chi connectivity index (χ1n) is 3.73. The van der Waals surface area contributed by atoms with Crippen LogP contribution in [0, 0.1) is 0 Å². The number of rotatable bonds is 5. The highest BCUT2D eigenvalue weighted by atomic mass is 31.1. The zero-order valence-electron chi connectivity index (χ0n) is 6.39. The highest BCUT2D eigenvalue weighted by molar-refractivity contribution is 7.44. The predicted octanol–water partition coefficient (Wildman–Crippen LogP) is 3.02. The zero-order chi connectivity index (χ0) is 7.11. The van der Waals surface area contributed by atoms with Gasteiger partial charge in [0.05, 0.1) is 0 Å². The minimum absolute atomic E-state index is 0.840. The van der Waals surface area contributed by atoms with E-state index in [0.29, 0.717) is 0 Å². The highest BCUT2D eigenvalue weighted by Gasteiger charge is 2.08. The van der Waals surface area contributed by atoms with Gasteiger partial charge in [-0.15, -0.1) is 0 Å². The van der Waals surface area contributed by atoms with Gasteiger partial charge in [-0.2, -0.15) is 0 Å². The lowest BCUT2D eigenvalue weighted by atomic mass is 10.3. The van der Waals surface area contributed by atoms with Crippen LogP contribution < -0.4 is 0 Å². The molecule has 0 heterocycles. The van der Waals surface area contributed by atoms with E-state index in [1.165, 1.54) is 12.8 Å². The SMILES string of the molecule is CCCCC[P+](=O)CC. The molecular weight excluding hydrogens is 131 g/mol. The second-order valence-corrected chi connectivity index (χ2v) is 4.27. The summed E-state index contributed by atoms with van der Waals surface area (Å²) in [6.07, 6.45) is 5.42. The Kier molecular flexibility index (Phi) is 6.29. The van der Waals surface area contributed by atoms with Crippen LogP contribution in [0.3, 0.4) is 0 Å². The van der Waals surface area contributed by atoms with Crippen LogP contribution in [0.4, 0.5) is 0 Å². The molecule has 1 nitrogen and oxygen atoms in total. The van der Waals surface area contributed by atoms with Crippen molar-refractivity contribution in [1.29, 1.82) is 0 Å². The van der Waals surface area contributed by atoms with Crippen molar-refractivity contribution in [3.05, 3.63) is 0 Å².